The Kier molecular flexibility index (Phi) is 67.6. The van der Waals surface area contributed by atoms with Gasteiger partial charge in [-0.05, 0) is 194 Å². The van der Waals surface area contributed by atoms with Gasteiger partial charge in [0.2, 0.25) is 0 Å². The van der Waals surface area contributed by atoms with Gasteiger partial charge in [-0.3, -0.25) is 0 Å². The second-order valence-corrected chi connectivity index (χ2v) is 20.1. The maximum absolute atomic E-state index is 3.82. The monoisotopic (exact) mass is 1380 g/mol. The third-order valence-corrected chi connectivity index (χ3v) is 15.2. The van der Waals surface area contributed by atoms with Gasteiger partial charge in [-0.25, -0.2) is 0 Å². The minimum absolute atomic E-state index is 0.972. The summed E-state index contributed by atoms with van der Waals surface area (Å²) < 4.78 is 0. The number of hydrogen-bond acceptors (Lipinski definition) is 2. The first-order chi connectivity index (χ1) is 50.2. The predicted molar refractivity (Wildman–Crippen MR) is 479 cm³/mol. The van der Waals surface area contributed by atoms with Crippen molar-refractivity contribution in [3.05, 3.63) is 271 Å². The van der Waals surface area contributed by atoms with Crippen LogP contribution in [0.1, 0.15) is 283 Å². The van der Waals surface area contributed by atoms with Crippen molar-refractivity contribution in [3.63, 3.8) is 0 Å². The minimum Gasteiger partial charge on any atom is -0.160 e. The summed E-state index contributed by atoms with van der Waals surface area (Å²) in [5.41, 5.74) is 19.6. The van der Waals surface area contributed by atoms with Gasteiger partial charge in [-0.2, -0.15) is 10.2 Å². The zero-order chi connectivity index (χ0) is 79.0. The predicted octanol–water partition coefficient (Wildman–Crippen LogP) is 29.7. The zero-order valence-electron chi connectivity index (χ0n) is 71.9. The Morgan fingerprint density at radius 1 is 0.196 bits per heavy atom. The summed E-state index contributed by atoms with van der Waals surface area (Å²) in [5, 5.41) is 21.6. The summed E-state index contributed by atoms with van der Waals surface area (Å²) in [7, 11) is 0. The van der Waals surface area contributed by atoms with Crippen LogP contribution in [-0.2, 0) is 19.3 Å². The normalized spacial score (nSPS) is 10.5. The largest absolute Gasteiger partial charge is 0.160 e. The number of aryl methyl sites for hydroxylation is 4. The molecule has 0 N–H and O–H groups in total. The lowest BCUT2D eigenvalue weighted by molar-refractivity contribution is 1.00. The molecule has 10 aromatic rings. The van der Waals surface area contributed by atoms with Crippen LogP contribution in [-0.4, -0.2) is 11.4 Å². The molecule has 0 amide bonds. The topological polar surface area (TPSA) is 24.7 Å². The Balaban J connectivity index is -0.000000348. The molecule has 2 heteroatoms. The summed E-state index contributed by atoms with van der Waals surface area (Å²) >= 11 is 0. The number of rotatable bonds is 0. The molecule has 0 saturated heterocycles. The lowest BCUT2D eigenvalue weighted by Gasteiger charge is -2.18. The van der Waals surface area contributed by atoms with Crippen molar-refractivity contribution in [1.82, 2.24) is 0 Å². The highest BCUT2D eigenvalue weighted by Crippen LogP contribution is 2.36. The highest BCUT2D eigenvalue weighted by Gasteiger charge is 2.16. The van der Waals surface area contributed by atoms with Crippen LogP contribution in [0.25, 0.3) is 67.7 Å². The van der Waals surface area contributed by atoms with E-state index < -0.39 is 0 Å². The van der Waals surface area contributed by atoms with Crippen LogP contribution in [0, 0.1) is 27.7 Å². The molecule has 10 aromatic carbocycles. The molecule has 1 aliphatic heterocycles. The fraction of sp³-hybridized carbons (Fsp3) is 0.400. The fourth-order valence-electron chi connectivity index (χ4n) is 11.3. The van der Waals surface area contributed by atoms with Gasteiger partial charge < -0.3 is 0 Å². The van der Waals surface area contributed by atoms with Gasteiger partial charge in [0.1, 0.15) is 0 Å². The molecule has 0 radical (unpaired) electrons. The van der Waals surface area contributed by atoms with Crippen LogP contribution in [0.5, 0.6) is 0 Å². The Morgan fingerprint density at radius 2 is 0.392 bits per heavy atom. The van der Waals surface area contributed by atoms with Crippen molar-refractivity contribution >= 4 is 68.0 Å². The molecule has 2 nitrogen and oxygen atoms in total. The zero-order valence-corrected chi connectivity index (χ0v) is 71.9. The Bertz CT molecular complexity index is 3680. The first kappa shape index (κ1) is 102. The van der Waals surface area contributed by atoms with Crippen LogP contribution in [0.4, 0.5) is 0 Å². The second-order valence-electron chi connectivity index (χ2n) is 20.1. The number of hydrogen-bond donors (Lipinski definition) is 0. The molecule has 0 bridgehead atoms. The molecular formula is C100H150N2. The highest BCUT2D eigenvalue weighted by atomic mass is 15.2. The first-order valence-corrected chi connectivity index (χ1v) is 40.4. The number of benzene rings is 10. The molecule has 0 spiro atoms. The molecule has 15 rings (SSSR count). The first-order valence-electron chi connectivity index (χ1n) is 40.4. The Labute approximate surface area is 630 Å². The van der Waals surface area contributed by atoms with E-state index >= 15 is 0 Å². The van der Waals surface area contributed by atoms with Gasteiger partial charge in [0.25, 0.3) is 0 Å². The van der Waals surface area contributed by atoms with E-state index in [0.717, 1.165) is 49.9 Å². The van der Waals surface area contributed by atoms with Crippen molar-refractivity contribution in [2.24, 2.45) is 10.2 Å². The van der Waals surface area contributed by atoms with Gasteiger partial charge in [0.05, 0.1) is 0 Å². The summed E-state index contributed by atoms with van der Waals surface area (Å²) in [6.45, 7) is 68.9. The second kappa shape index (κ2) is 67.3. The molecule has 4 aliphatic carbocycles. The molecule has 0 fully saturated rings. The van der Waals surface area contributed by atoms with Crippen molar-refractivity contribution in [2.45, 2.75) is 274 Å². The third-order valence-electron chi connectivity index (χ3n) is 15.2. The minimum atomic E-state index is 0.972. The lowest BCUT2D eigenvalue weighted by Crippen LogP contribution is -2.27. The lowest BCUT2D eigenvalue weighted by atomic mass is 9.86. The van der Waals surface area contributed by atoms with Crippen LogP contribution in [0.3, 0.4) is 0 Å². The standard InChI is InChI=1S/C16H14.C15H14.C14H12.C13H10.C9H8.C5H8N2.14C2H6/c1-11-13-7-3-5-9-15(13)12(2)16-10-6-4-8-14(11)16;1-10-12-6-3-4-7-13(12)11(2)15-9-5-8-14(10)15;1-2-6-12-10-14-8-4-3-7-13(14)9-11(12)5-1;1-3-7-12-10(5-1)9-11-6-2-4-8-13(11)12;1-2-5-9-7-3-6-8(9)4-1;1-4-3-5(2)7-6-4;14*1-2/h3-10H,1-2H3;3-4,6-9H,5H2,1-2H3;1-8H,9-10H2;1-8H,9H2;1-2,4-7H,3H2;3H2,1-2H3;14*1-2H3. The summed E-state index contributed by atoms with van der Waals surface area (Å²) in [5.74, 6) is 0. The van der Waals surface area contributed by atoms with Gasteiger partial charge in [-0.15, -0.1) is 0 Å². The van der Waals surface area contributed by atoms with Crippen molar-refractivity contribution < 1.29 is 0 Å². The van der Waals surface area contributed by atoms with E-state index in [1.165, 1.54) is 120 Å². The maximum Gasteiger partial charge on any atom is 0.0431 e. The summed E-state index contributed by atoms with van der Waals surface area (Å²) in [4.78, 5) is 0. The van der Waals surface area contributed by atoms with Gasteiger partial charge in [0.15, 0.2) is 0 Å². The summed E-state index contributed by atoms with van der Waals surface area (Å²) in [6, 6.07) is 69.3. The van der Waals surface area contributed by atoms with Crippen molar-refractivity contribution in [3.8, 4) is 11.1 Å². The molecule has 5 aliphatic rings. The molecule has 102 heavy (non-hydrogen) atoms. The smallest absolute Gasteiger partial charge is 0.0431 e. The van der Waals surface area contributed by atoms with Crippen LogP contribution in [0.2, 0.25) is 0 Å². The molecular weight excluding hydrogens is 1230 g/mol. The quantitative estimate of drug-likeness (QED) is 0.135. The van der Waals surface area contributed by atoms with Gasteiger partial charge in [-0.1, -0.05) is 412 Å². The van der Waals surface area contributed by atoms with Gasteiger partial charge >= 0.3 is 0 Å². The van der Waals surface area contributed by atoms with E-state index in [2.05, 4.69) is 256 Å². The van der Waals surface area contributed by atoms with E-state index in [9.17, 15) is 0 Å². The number of nitrogens with zero attached hydrogens (tertiary/aromatic N) is 2. The fourth-order valence-corrected chi connectivity index (χ4v) is 11.3. The Hall–Kier alpha value is -8.20. The van der Waals surface area contributed by atoms with Crippen molar-refractivity contribution in [2.75, 3.05) is 0 Å². The van der Waals surface area contributed by atoms with E-state index in [-0.39, 0.29) is 0 Å². The molecule has 560 valence electrons. The van der Waals surface area contributed by atoms with E-state index in [1.807, 2.05) is 208 Å². The maximum atomic E-state index is 3.82. The Morgan fingerprint density at radius 3 is 0.637 bits per heavy atom. The molecule has 0 unspecified atom stereocenters. The summed E-state index contributed by atoms with van der Waals surface area (Å²) in [6.07, 6.45) is 15.6. The molecule has 0 aromatic heterocycles. The molecule has 0 atom stereocenters. The van der Waals surface area contributed by atoms with Crippen molar-refractivity contribution in [1.29, 1.82) is 0 Å². The molecule has 1 heterocycles. The van der Waals surface area contributed by atoms with E-state index in [4.69, 9.17) is 0 Å². The van der Waals surface area contributed by atoms with Crippen LogP contribution in [0.15, 0.2) is 204 Å². The average molecular weight is 1380 g/mol. The third kappa shape index (κ3) is 32.4. The van der Waals surface area contributed by atoms with Crippen LogP contribution < -0.4 is 20.9 Å². The van der Waals surface area contributed by atoms with Gasteiger partial charge in [0, 0.05) is 17.8 Å². The molecule has 0 saturated carbocycles. The average Bonchev–Trinajstić information content (AvgIpc) is 0.995. The highest BCUT2D eigenvalue weighted by molar-refractivity contribution is 6.06. The van der Waals surface area contributed by atoms with E-state index in [0.29, 0.717) is 0 Å². The SMILES string of the molecule is C1=c2ccccc2=CC1.CC.CC.CC.CC.CC.CC.CC.CC.CC.CC.CC.CC.CC.CC.CC1=NN=C(C)C1.Cc1c2c(c(C)c3ccccc13)=CCC=2.Cc1c2ccccc2c(C)c2ccccc12.c1ccc2c(c1)Cc1ccccc1-2.c1ccc2c(c1)Cc1ccccc1C2. The van der Waals surface area contributed by atoms with Crippen LogP contribution >= 0.6 is 0 Å². The number of fused-ring (bicyclic) bond motifs is 10. The van der Waals surface area contributed by atoms with E-state index in [1.54, 1.807) is 0 Å².